The van der Waals surface area contributed by atoms with Crippen LogP contribution in [0.3, 0.4) is 0 Å². The van der Waals surface area contributed by atoms with Crippen molar-refractivity contribution in [3.8, 4) is 12.3 Å². The first-order valence-corrected chi connectivity index (χ1v) is 15.4. The summed E-state index contributed by atoms with van der Waals surface area (Å²) in [5, 5.41) is 0. The molecule has 0 aliphatic rings. The Morgan fingerprint density at radius 2 is 0.622 bits per heavy atom. The molecule has 0 saturated carbocycles. The minimum atomic E-state index is -0.414. The Morgan fingerprint density at radius 3 is 0.822 bits per heavy atom. The molecule has 0 rings (SSSR count). The van der Waals surface area contributed by atoms with Crippen molar-refractivity contribution in [2.24, 2.45) is 0 Å². The number of carbonyl (C=O) groups is 1. The van der Waals surface area contributed by atoms with Gasteiger partial charge in [0.15, 0.2) is 0 Å². The van der Waals surface area contributed by atoms with Crippen LogP contribution in [0.25, 0.3) is 0 Å². The molecule has 0 unspecified atom stereocenters. The van der Waals surface area contributed by atoms with E-state index in [1.165, 1.54) is 0 Å². The van der Waals surface area contributed by atoms with Crippen molar-refractivity contribution < 1.29 is 66.4 Å². The van der Waals surface area contributed by atoms with Gasteiger partial charge in [0.1, 0.15) is 13.2 Å². The second kappa shape index (κ2) is 38.5. The van der Waals surface area contributed by atoms with Gasteiger partial charge in [0.05, 0.1) is 152 Å². The predicted octanol–water partition coefficient (Wildman–Crippen LogP) is 0.938. The highest BCUT2D eigenvalue weighted by Gasteiger charge is 2.02. The highest BCUT2D eigenvalue weighted by Crippen LogP contribution is 1.92. The van der Waals surface area contributed by atoms with Gasteiger partial charge in [-0.3, -0.25) is 0 Å². The first kappa shape index (κ1) is 43.3. The van der Waals surface area contributed by atoms with Gasteiger partial charge in [0.2, 0.25) is 0 Å². The zero-order valence-electron chi connectivity index (χ0n) is 27.2. The van der Waals surface area contributed by atoms with Crippen LogP contribution in [-0.2, 0) is 66.4 Å². The van der Waals surface area contributed by atoms with E-state index >= 15 is 0 Å². The highest BCUT2D eigenvalue weighted by molar-refractivity contribution is 5.86. The number of hydrogen-bond donors (Lipinski definition) is 0. The average molecular weight is 653 g/mol. The summed E-state index contributed by atoms with van der Waals surface area (Å²) in [6, 6.07) is 0. The van der Waals surface area contributed by atoms with Crippen LogP contribution in [-0.4, -0.2) is 171 Å². The number of rotatable bonds is 38. The van der Waals surface area contributed by atoms with Crippen LogP contribution in [0.4, 0.5) is 0 Å². The van der Waals surface area contributed by atoms with Crippen molar-refractivity contribution in [3.05, 3.63) is 12.2 Å². The first-order valence-electron chi connectivity index (χ1n) is 15.4. The van der Waals surface area contributed by atoms with E-state index in [2.05, 4.69) is 12.5 Å². The van der Waals surface area contributed by atoms with E-state index in [1.54, 1.807) is 6.92 Å². The van der Waals surface area contributed by atoms with Gasteiger partial charge in [-0.15, -0.1) is 6.42 Å². The van der Waals surface area contributed by atoms with Gasteiger partial charge in [-0.2, -0.15) is 0 Å². The molecule has 0 fully saturated rings. The molecule has 0 aliphatic carbocycles. The second-order valence-corrected chi connectivity index (χ2v) is 8.91. The Hall–Kier alpha value is -1.71. The third-order valence-electron chi connectivity index (χ3n) is 5.09. The van der Waals surface area contributed by atoms with Crippen molar-refractivity contribution in [1.29, 1.82) is 0 Å². The number of terminal acetylenes is 1. The first-order chi connectivity index (χ1) is 22.2. The lowest BCUT2D eigenvalue weighted by molar-refractivity contribution is -0.140. The Balaban J connectivity index is 3.07. The lowest BCUT2D eigenvalue weighted by Gasteiger charge is -2.09. The van der Waals surface area contributed by atoms with Gasteiger partial charge in [-0.1, -0.05) is 12.5 Å². The predicted molar refractivity (Wildman–Crippen MR) is 164 cm³/mol. The summed E-state index contributed by atoms with van der Waals surface area (Å²) in [4.78, 5) is 11.2. The molecule has 0 spiro atoms. The van der Waals surface area contributed by atoms with Gasteiger partial charge in [-0.25, -0.2) is 4.79 Å². The molecule has 0 saturated heterocycles. The summed E-state index contributed by atoms with van der Waals surface area (Å²) in [5.74, 6) is 1.98. The average Bonchev–Trinajstić information content (AvgIpc) is 3.04. The van der Waals surface area contributed by atoms with Crippen molar-refractivity contribution in [2.45, 2.75) is 6.92 Å². The number of hydrogen-bond acceptors (Lipinski definition) is 14. The molecule has 264 valence electrons. The monoisotopic (exact) mass is 652 g/mol. The molecule has 0 aromatic carbocycles. The summed E-state index contributed by atoms with van der Waals surface area (Å²) in [6.07, 6.45) is 5.08. The van der Waals surface area contributed by atoms with Gasteiger partial charge in [0.25, 0.3) is 0 Å². The Kier molecular flexibility index (Phi) is 37.0. The Labute approximate surface area is 269 Å². The summed E-state index contributed by atoms with van der Waals surface area (Å²) < 4.78 is 69.6. The molecule has 0 aromatic heterocycles. The summed E-state index contributed by atoms with van der Waals surface area (Å²) in [5.41, 5.74) is 0.368. The molecule has 0 amide bonds. The molecule has 0 aliphatic heterocycles. The molecular weight excluding hydrogens is 596 g/mol. The lowest BCUT2D eigenvalue weighted by atomic mass is 10.4. The van der Waals surface area contributed by atoms with Crippen LogP contribution < -0.4 is 0 Å². The fraction of sp³-hybridized carbons (Fsp3) is 0.839. The number of esters is 1. The molecule has 14 heteroatoms. The standard InChI is InChI=1S/C31H56O14/c1-4-5-33-6-7-34-8-9-35-10-11-36-12-13-37-14-15-38-16-17-39-18-19-40-20-21-41-22-23-42-24-25-43-26-27-44-28-29-45-31(32)30(2)3/h1H,2,5-29H2,3H3. The zero-order valence-corrected chi connectivity index (χ0v) is 27.2. The van der Waals surface area contributed by atoms with Crippen LogP contribution in [0.15, 0.2) is 12.2 Å². The Bertz CT molecular complexity index is 673. The van der Waals surface area contributed by atoms with E-state index in [1.807, 2.05) is 0 Å². The van der Waals surface area contributed by atoms with E-state index in [4.69, 9.17) is 68.0 Å². The minimum Gasteiger partial charge on any atom is -0.460 e. The summed E-state index contributed by atoms with van der Waals surface area (Å²) >= 11 is 0. The van der Waals surface area contributed by atoms with Gasteiger partial charge >= 0.3 is 5.97 Å². The Morgan fingerprint density at radius 1 is 0.422 bits per heavy atom. The van der Waals surface area contributed by atoms with E-state index in [9.17, 15) is 4.79 Å². The minimum absolute atomic E-state index is 0.197. The molecule has 0 radical (unpaired) electrons. The van der Waals surface area contributed by atoms with E-state index < -0.39 is 5.97 Å². The molecule has 0 atom stereocenters. The lowest BCUT2D eigenvalue weighted by Crippen LogP contribution is -2.16. The SMILES string of the molecule is C#CCOCCOCCOCCOCCOCCOCCOCCOCCOCCOCCOCCOCCOC(=O)C(=C)C. The summed E-state index contributed by atoms with van der Waals surface area (Å²) in [6.45, 7) is 16.7. The topological polar surface area (TPSA) is 137 Å². The molecule has 0 bridgehead atoms. The third kappa shape index (κ3) is 38.4. The van der Waals surface area contributed by atoms with E-state index in [0.29, 0.717) is 164 Å². The molecular formula is C31H56O14. The summed E-state index contributed by atoms with van der Waals surface area (Å²) in [7, 11) is 0. The van der Waals surface area contributed by atoms with Crippen LogP contribution in [0.2, 0.25) is 0 Å². The van der Waals surface area contributed by atoms with E-state index in [0.717, 1.165) is 0 Å². The number of carbonyl (C=O) groups excluding carboxylic acids is 1. The molecule has 0 heterocycles. The molecule has 14 nitrogen and oxygen atoms in total. The van der Waals surface area contributed by atoms with Gasteiger partial charge in [-0.05, 0) is 6.92 Å². The van der Waals surface area contributed by atoms with Crippen molar-refractivity contribution in [3.63, 3.8) is 0 Å². The number of ether oxygens (including phenoxy) is 13. The highest BCUT2D eigenvalue weighted by atomic mass is 16.6. The van der Waals surface area contributed by atoms with Crippen molar-refractivity contribution in [2.75, 3.05) is 165 Å². The molecule has 0 aromatic rings. The third-order valence-corrected chi connectivity index (χ3v) is 5.09. The quantitative estimate of drug-likeness (QED) is 0.0405. The van der Waals surface area contributed by atoms with Crippen LogP contribution in [0.5, 0.6) is 0 Å². The maximum Gasteiger partial charge on any atom is 0.333 e. The van der Waals surface area contributed by atoms with Crippen molar-refractivity contribution >= 4 is 5.97 Å². The largest absolute Gasteiger partial charge is 0.460 e. The molecule has 0 N–H and O–H groups in total. The van der Waals surface area contributed by atoms with Crippen LogP contribution in [0, 0.1) is 12.3 Å². The van der Waals surface area contributed by atoms with E-state index in [-0.39, 0.29) is 6.61 Å². The normalized spacial score (nSPS) is 11.1. The fourth-order valence-electron chi connectivity index (χ4n) is 2.87. The van der Waals surface area contributed by atoms with Crippen molar-refractivity contribution in [1.82, 2.24) is 0 Å². The van der Waals surface area contributed by atoms with Gasteiger partial charge in [0, 0.05) is 5.57 Å². The smallest absolute Gasteiger partial charge is 0.333 e. The van der Waals surface area contributed by atoms with Gasteiger partial charge < -0.3 is 61.6 Å². The zero-order chi connectivity index (χ0) is 32.7. The fourth-order valence-corrected chi connectivity index (χ4v) is 2.87. The van der Waals surface area contributed by atoms with Crippen LogP contribution in [0.1, 0.15) is 6.92 Å². The van der Waals surface area contributed by atoms with Crippen LogP contribution >= 0.6 is 0 Å². The maximum atomic E-state index is 11.2. The maximum absolute atomic E-state index is 11.2. The second-order valence-electron chi connectivity index (χ2n) is 8.91. The molecule has 45 heavy (non-hydrogen) atoms.